The fourth-order valence-electron chi connectivity index (χ4n) is 5.68. The van der Waals surface area contributed by atoms with Crippen LogP contribution in [-0.4, -0.2) is 76.9 Å². The minimum absolute atomic E-state index is 0.0626. The Morgan fingerprint density at radius 3 is 2.51 bits per heavy atom. The molecule has 6 rings (SSSR count). The van der Waals surface area contributed by atoms with E-state index in [0.29, 0.717) is 37.8 Å². The van der Waals surface area contributed by atoms with Crippen LogP contribution in [0, 0.1) is 12.3 Å². The zero-order valence-electron chi connectivity index (χ0n) is 23.1. The van der Waals surface area contributed by atoms with Crippen molar-refractivity contribution in [2.75, 3.05) is 60.1 Å². The summed E-state index contributed by atoms with van der Waals surface area (Å²) in [6.07, 6.45) is 2.53. The molecule has 10 nitrogen and oxygen atoms in total. The van der Waals surface area contributed by atoms with Gasteiger partial charge in [0.05, 0.1) is 23.5 Å². The van der Waals surface area contributed by atoms with Gasteiger partial charge in [-0.15, -0.1) is 6.42 Å². The van der Waals surface area contributed by atoms with Crippen molar-refractivity contribution in [3.63, 3.8) is 0 Å². The van der Waals surface area contributed by atoms with Crippen molar-refractivity contribution in [2.45, 2.75) is 25.1 Å². The zero-order valence-corrected chi connectivity index (χ0v) is 23.1. The second-order valence-corrected chi connectivity index (χ2v) is 10.6. The van der Waals surface area contributed by atoms with Crippen LogP contribution in [0.2, 0.25) is 0 Å². The predicted octanol–water partition coefficient (Wildman–Crippen LogP) is 4.29. The molecular weight excluding hydrogens is 561 g/mol. The summed E-state index contributed by atoms with van der Waals surface area (Å²) in [4.78, 5) is 40.1. The molecule has 0 spiro atoms. The molecule has 3 aliphatic heterocycles. The first-order valence-electron chi connectivity index (χ1n) is 14.0. The van der Waals surface area contributed by atoms with Crippen LogP contribution in [0.4, 0.5) is 47.7 Å². The molecule has 13 heteroatoms. The van der Waals surface area contributed by atoms with Gasteiger partial charge >= 0.3 is 6.18 Å². The van der Waals surface area contributed by atoms with Gasteiger partial charge in [0, 0.05) is 50.3 Å². The molecule has 0 radical (unpaired) electrons. The Bertz CT molecular complexity index is 1580. The van der Waals surface area contributed by atoms with Gasteiger partial charge in [-0.05, 0) is 49.2 Å². The van der Waals surface area contributed by atoms with E-state index in [0.717, 1.165) is 31.9 Å². The van der Waals surface area contributed by atoms with E-state index in [2.05, 4.69) is 41.6 Å². The predicted molar refractivity (Wildman–Crippen MR) is 157 cm³/mol. The lowest BCUT2D eigenvalue weighted by molar-refractivity contribution is -0.137. The van der Waals surface area contributed by atoms with Crippen LogP contribution in [0.3, 0.4) is 0 Å². The summed E-state index contributed by atoms with van der Waals surface area (Å²) in [5.41, 5.74) is 0.914. The highest BCUT2D eigenvalue weighted by atomic mass is 19.4. The Morgan fingerprint density at radius 2 is 1.79 bits per heavy atom. The lowest BCUT2D eigenvalue weighted by Crippen LogP contribution is -2.46. The van der Waals surface area contributed by atoms with E-state index >= 15 is 0 Å². The molecule has 1 aromatic heterocycles. The fourth-order valence-corrected chi connectivity index (χ4v) is 5.68. The van der Waals surface area contributed by atoms with Crippen molar-refractivity contribution in [1.82, 2.24) is 19.8 Å². The summed E-state index contributed by atoms with van der Waals surface area (Å²) in [5.74, 6) is 1.33. The number of carbonyl (C=O) groups excluding carboxylic acids is 2. The third-order valence-electron chi connectivity index (χ3n) is 7.88. The van der Waals surface area contributed by atoms with E-state index in [4.69, 9.17) is 6.42 Å². The van der Waals surface area contributed by atoms with Crippen LogP contribution in [0.5, 0.6) is 0 Å². The molecule has 0 bridgehead atoms. The Kier molecular flexibility index (Phi) is 7.53. The van der Waals surface area contributed by atoms with Crippen LogP contribution in [-0.2, 0) is 11.0 Å². The normalized spacial score (nSPS) is 18.8. The molecule has 2 aromatic carbocycles. The van der Waals surface area contributed by atoms with Crippen molar-refractivity contribution in [1.29, 1.82) is 0 Å². The molecule has 2 saturated heterocycles. The topological polar surface area (TPSA) is 106 Å². The van der Waals surface area contributed by atoms with E-state index in [1.165, 1.54) is 11.0 Å². The van der Waals surface area contributed by atoms with Gasteiger partial charge in [-0.25, -0.2) is 4.98 Å². The summed E-state index contributed by atoms with van der Waals surface area (Å²) in [6.45, 7) is 4.40. The number of nitrogens with one attached hydrogen (secondary N) is 3. The fraction of sp³-hybridized carbons (Fsp3) is 0.333. The molecule has 0 aliphatic carbocycles. The SMILES string of the molecule is C#CCN1CCN(c2ccc(Nc3ncc(C(F)(F)F)c(Nc4cccc5c4C(=O)N4CCC[C@H]4C(=O)N5)n3)cc2)CC1. The Morgan fingerprint density at radius 1 is 1.02 bits per heavy atom. The first-order chi connectivity index (χ1) is 20.7. The van der Waals surface area contributed by atoms with E-state index < -0.39 is 29.5 Å². The second-order valence-electron chi connectivity index (χ2n) is 10.6. The highest BCUT2D eigenvalue weighted by Crippen LogP contribution is 2.38. The molecule has 3 aromatic rings. The highest BCUT2D eigenvalue weighted by Gasteiger charge is 2.40. The van der Waals surface area contributed by atoms with E-state index in [-0.39, 0.29) is 28.8 Å². The second kappa shape index (κ2) is 11.4. The van der Waals surface area contributed by atoms with Crippen LogP contribution in [0.1, 0.15) is 28.8 Å². The first-order valence-corrected chi connectivity index (χ1v) is 14.0. The van der Waals surface area contributed by atoms with Gasteiger partial charge in [-0.3, -0.25) is 14.5 Å². The number of halogens is 3. The van der Waals surface area contributed by atoms with Crippen molar-refractivity contribution in [3.05, 3.63) is 59.8 Å². The number of anilines is 6. The molecule has 3 N–H and O–H groups in total. The number of amides is 2. The number of nitrogens with zero attached hydrogens (tertiary/aromatic N) is 5. The highest BCUT2D eigenvalue weighted by molar-refractivity contribution is 6.13. The molecule has 2 amide bonds. The van der Waals surface area contributed by atoms with Gasteiger partial charge in [0.2, 0.25) is 11.9 Å². The summed E-state index contributed by atoms with van der Waals surface area (Å²) >= 11 is 0. The van der Waals surface area contributed by atoms with Crippen molar-refractivity contribution in [2.24, 2.45) is 0 Å². The number of alkyl halides is 3. The smallest absolute Gasteiger partial charge is 0.369 e. The molecule has 2 fully saturated rings. The van der Waals surface area contributed by atoms with Gasteiger partial charge in [0.25, 0.3) is 5.91 Å². The average molecular weight is 591 g/mol. The van der Waals surface area contributed by atoms with E-state index in [1.807, 2.05) is 24.3 Å². The van der Waals surface area contributed by atoms with Crippen molar-refractivity contribution in [3.8, 4) is 12.3 Å². The minimum Gasteiger partial charge on any atom is -0.369 e. The standard InChI is InChI=1S/C30H29F3N8O2/c1-2-12-39-14-16-40(17-15-39)20-10-8-19(9-11-20)35-29-34-18-21(30(31,32)33)26(38-29)36-22-5-3-6-23-25(22)28(43)41-13-4-7-24(41)27(42)37-23/h1,3,5-6,8-11,18,24H,4,7,12-17H2,(H,37,42)(H2,34,35,36,38)/t24-/m0/s1. The number of fused-ring (bicyclic) bond motifs is 2. The number of benzene rings is 2. The van der Waals surface area contributed by atoms with Crippen molar-refractivity contribution >= 4 is 46.3 Å². The molecule has 0 unspecified atom stereocenters. The summed E-state index contributed by atoms with van der Waals surface area (Å²) in [7, 11) is 0. The number of rotatable bonds is 6. The van der Waals surface area contributed by atoms with Gasteiger partial charge in [-0.1, -0.05) is 12.0 Å². The number of hydrogen-bond donors (Lipinski definition) is 3. The average Bonchev–Trinajstić information content (AvgIpc) is 3.45. The van der Waals surface area contributed by atoms with Gasteiger partial charge < -0.3 is 25.8 Å². The lowest BCUT2D eigenvalue weighted by Gasteiger charge is -2.35. The molecule has 3 aliphatic rings. The van der Waals surface area contributed by atoms with Crippen LogP contribution < -0.4 is 20.9 Å². The Labute approximate surface area is 246 Å². The van der Waals surface area contributed by atoms with E-state index in [1.54, 1.807) is 12.1 Å². The Balaban J connectivity index is 1.25. The number of piperazine rings is 1. The molecule has 222 valence electrons. The largest absolute Gasteiger partial charge is 0.421 e. The quantitative estimate of drug-likeness (QED) is 0.365. The van der Waals surface area contributed by atoms with Crippen molar-refractivity contribution < 1.29 is 22.8 Å². The zero-order chi connectivity index (χ0) is 30.1. The minimum atomic E-state index is -4.77. The third kappa shape index (κ3) is 5.78. The summed E-state index contributed by atoms with van der Waals surface area (Å²) < 4.78 is 42.0. The summed E-state index contributed by atoms with van der Waals surface area (Å²) in [5, 5.41) is 8.44. The number of hydrogen-bond acceptors (Lipinski definition) is 8. The van der Waals surface area contributed by atoms with E-state index in [9.17, 15) is 22.8 Å². The maximum atomic E-state index is 14.0. The molecule has 1 atom stereocenters. The Hall–Kier alpha value is -4.83. The lowest BCUT2D eigenvalue weighted by atomic mass is 10.1. The maximum Gasteiger partial charge on any atom is 0.421 e. The summed E-state index contributed by atoms with van der Waals surface area (Å²) in [6, 6.07) is 11.4. The number of terminal acetylenes is 1. The van der Waals surface area contributed by atoms with Gasteiger partial charge in [0.15, 0.2) is 0 Å². The number of carbonyl (C=O) groups is 2. The first kappa shape index (κ1) is 28.3. The van der Waals surface area contributed by atoms with Crippen LogP contribution >= 0.6 is 0 Å². The van der Waals surface area contributed by atoms with Gasteiger partial charge in [0.1, 0.15) is 17.4 Å². The maximum absolute atomic E-state index is 14.0. The molecular formula is C30H29F3N8O2. The number of aromatic nitrogens is 2. The van der Waals surface area contributed by atoms with Gasteiger partial charge in [-0.2, -0.15) is 18.2 Å². The molecule has 0 saturated carbocycles. The van der Waals surface area contributed by atoms with Crippen LogP contribution in [0.15, 0.2) is 48.7 Å². The van der Waals surface area contributed by atoms with Crippen LogP contribution in [0.25, 0.3) is 0 Å². The third-order valence-corrected chi connectivity index (χ3v) is 7.88. The molecule has 43 heavy (non-hydrogen) atoms. The monoisotopic (exact) mass is 590 g/mol. The molecule has 4 heterocycles.